The van der Waals surface area contributed by atoms with Crippen molar-refractivity contribution in [1.82, 2.24) is 9.80 Å². The summed E-state index contributed by atoms with van der Waals surface area (Å²) < 4.78 is 6.45. The minimum absolute atomic E-state index is 0.0505. The summed E-state index contributed by atoms with van der Waals surface area (Å²) >= 11 is 0. The average molecular weight is 491 g/mol. The summed E-state index contributed by atoms with van der Waals surface area (Å²) in [6, 6.07) is 14.6. The number of piperidine rings is 1. The van der Waals surface area contributed by atoms with Crippen molar-refractivity contribution >= 4 is 12.0 Å². The molecule has 1 heterocycles. The van der Waals surface area contributed by atoms with Crippen LogP contribution in [0, 0.1) is 5.92 Å². The van der Waals surface area contributed by atoms with Crippen LogP contribution < -0.4 is 0 Å². The largest absolute Gasteiger partial charge is 0.508 e. The third-order valence-corrected chi connectivity index (χ3v) is 8.86. The van der Waals surface area contributed by atoms with E-state index in [1.165, 1.54) is 12.8 Å². The first-order valence-electron chi connectivity index (χ1n) is 13.2. The Morgan fingerprint density at radius 1 is 1.11 bits per heavy atom. The quantitative estimate of drug-likeness (QED) is 0.557. The summed E-state index contributed by atoms with van der Waals surface area (Å²) in [4.78, 5) is 17.6. The molecule has 6 heteroatoms. The summed E-state index contributed by atoms with van der Waals surface area (Å²) in [6.07, 6.45) is 9.47. The molecule has 3 atom stereocenters. The van der Waals surface area contributed by atoms with Crippen LogP contribution in [0.1, 0.15) is 49.7 Å². The number of phenols is 2. The minimum Gasteiger partial charge on any atom is -0.508 e. The molecule has 2 saturated carbocycles. The Balaban J connectivity index is 1.41. The molecular formula is C30H38N2O4. The van der Waals surface area contributed by atoms with Crippen molar-refractivity contribution in [3.05, 3.63) is 65.7 Å². The van der Waals surface area contributed by atoms with Gasteiger partial charge in [0, 0.05) is 44.8 Å². The predicted octanol–water partition coefficient (Wildman–Crippen LogP) is 4.56. The molecule has 0 radical (unpaired) electrons. The maximum Gasteiger partial charge on any atom is 0.246 e. The maximum absolute atomic E-state index is 13.2. The van der Waals surface area contributed by atoms with Gasteiger partial charge < -0.3 is 24.7 Å². The lowest BCUT2D eigenvalue weighted by atomic mass is 9.55. The van der Waals surface area contributed by atoms with Crippen LogP contribution in [0.5, 0.6) is 11.5 Å². The maximum atomic E-state index is 13.2. The fraction of sp³-hybridized carbons (Fsp3) is 0.500. The van der Waals surface area contributed by atoms with Gasteiger partial charge in [0.25, 0.3) is 0 Å². The number of methoxy groups -OCH3 is 1. The van der Waals surface area contributed by atoms with Crippen molar-refractivity contribution in [3.63, 3.8) is 0 Å². The summed E-state index contributed by atoms with van der Waals surface area (Å²) in [5.74, 6) is 1.23. The van der Waals surface area contributed by atoms with Crippen molar-refractivity contribution in [2.75, 3.05) is 33.8 Å². The number of aromatic hydroxyl groups is 2. The van der Waals surface area contributed by atoms with Crippen molar-refractivity contribution < 1.29 is 19.7 Å². The molecule has 0 spiro atoms. The van der Waals surface area contributed by atoms with Crippen LogP contribution >= 0.6 is 0 Å². The van der Waals surface area contributed by atoms with E-state index >= 15 is 0 Å². The number of nitrogens with zero attached hydrogens (tertiary/aromatic N) is 2. The number of rotatable bonds is 7. The van der Waals surface area contributed by atoms with E-state index in [2.05, 4.69) is 11.0 Å². The zero-order valence-corrected chi connectivity index (χ0v) is 21.4. The molecule has 0 unspecified atom stereocenters. The van der Waals surface area contributed by atoms with Gasteiger partial charge in [0.15, 0.2) is 0 Å². The number of amides is 1. The molecular weight excluding hydrogens is 452 g/mol. The van der Waals surface area contributed by atoms with E-state index in [-0.39, 0.29) is 34.5 Å². The average Bonchev–Trinajstić information content (AvgIpc) is 3.70. The molecule has 1 saturated heterocycles. The number of likely N-dealkylation sites (N-methyl/N-ethyl adjacent to an activating group) is 1. The lowest BCUT2D eigenvalue weighted by Crippen LogP contribution is -2.68. The zero-order valence-electron chi connectivity index (χ0n) is 21.4. The van der Waals surface area contributed by atoms with Crippen LogP contribution in [0.2, 0.25) is 0 Å². The predicted molar refractivity (Wildman–Crippen MR) is 141 cm³/mol. The number of carbonyl (C=O) groups is 1. The van der Waals surface area contributed by atoms with Gasteiger partial charge in [-0.3, -0.25) is 4.79 Å². The number of phenolic OH excluding ortho intramolecular Hbond substituents is 2. The molecule has 2 aromatic rings. The monoisotopic (exact) mass is 490 g/mol. The molecule has 192 valence electrons. The first kappa shape index (κ1) is 24.8. The van der Waals surface area contributed by atoms with Gasteiger partial charge in [-0.2, -0.15) is 0 Å². The Labute approximate surface area is 214 Å². The molecule has 1 amide bonds. The minimum atomic E-state index is -0.355. The van der Waals surface area contributed by atoms with Gasteiger partial charge in [-0.15, -0.1) is 0 Å². The number of benzene rings is 2. The summed E-state index contributed by atoms with van der Waals surface area (Å²) in [6.45, 7) is 3.03. The molecule has 0 bridgehead atoms. The van der Waals surface area contributed by atoms with Crippen LogP contribution in [-0.4, -0.2) is 71.4 Å². The van der Waals surface area contributed by atoms with Crippen LogP contribution in [0.3, 0.4) is 0 Å². The van der Waals surface area contributed by atoms with Gasteiger partial charge in [-0.1, -0.05) is 24.3 Å². The fourth-order valence-corrected chi connectivity index (χ4v) is 6.62. The number of hydrogen-bond donors (Lipinski definition) is 2. The third-order valence-electron chi connectivity index (χ3n) is 8.86. The van der Waals surface area contributed by atoms with Gasteiger partial charge in [-0.25, -0.2) is 0 Å². The second-order valence-electron chi connectivity index (χ2n) is 11.0. The van der Waals surface area contributed by atoms with Gasteiger partial charge >= 0.3 is 0 Å². The molecule has 36 heavy (non-hydrogen) atoms. The Hall–Kier alpha value is -2.83. The zero-order chi connectivity index (χ0) is 25.3. The van der Waals surface area contributed by atoms with E-state index < -0.39 is 0 Å². The number of hydrogen-bond acceptors (Lipinski definition) is 5. The SMILES string of the molecule is CO[C@]12CC[C@H](N(C)C(=O)C=Cc3cccc(O)c3)C[C@]1(c1cccc(O)c1)CCN(CC1CC1)C2. The van der Waals surface area contributed by atoms with Crippen LogP contribution in [-0.2, 0) is 14.9 Å². The highest BCUT2D eigenvalue weighted by molar-refractivity contribution is 5.91. The molecule has 3 aliphatic rings. The van der Waals surface area contributed by atoms with E-state index in [9.17, 15) is 15.0 Å². The Morgan fingerprint density at radius 2 is 1.86 bits per heavy atom. The molecule has 3 fully saturated rings. The standard InChI is InChI=1S/C30H38N2O4/c1-31(28(35)12-11-22-5-3-7-26(33)17-22)25-13-14-30(36-2)21-32(20-23-9-10-23)16-15-29(30,19-25)24-6-4-8-27(34)18-24/h3-8,11-12,17-18,23,25,33-34H,9-10,13-16,19-21H2,1-2H3/t25-,29-,30-/m0/s1. The molecule has 6 nitrogen and oxygen atoms in total. The van der Waals surface area contributed by atoms with E-state index in [0.29, 0.717) is 0 Å². The van der Waals surface area contributed by atoms with Gasteiger partial charge in [-0.05, 0) is 92.5 Å². The Kier molecular flexibility index (Phi) is 6.84. The lowest BCUT2D eigenvalue weighted by Gasteiger charge is -2.60. The number of fused-ring (bicyclic) bond motifs is 1. The second-order valence-corrected chi connectivity index (χ2v) is 11.0. The molecule has 2 aliphatic carbocycles. The summed E-state index contributed by atoms with van der Waals surface area (Å²) in [7, 11) is 3.73. The van der Waals surface area contributed by atoms with Crippen molar-refractivity contribution in [2.45, 2.75) is 55.6 Å². The third kappa shape index (κ3) is 4.76. The van der Waals surface area contributed by atoms with E-state index in [1.54, 1.807) is 36.4 Å². The number of ether oxygens (including phenoxy) is 1. The van der Waals surface area contributed by atoms with Crippen LogP contribution in [0.15, 0.2) is 54.6 Å². The molecule has 2 N–H and O–H groups in total. The normalized spacial score (nSPS) is 28.7. The molecule has 0 aromatic heterocycles. The molecule has 5 rings (SSSR count). The molecule has 1 aliphatic heterocycles. The summed E-state index contributed by atoms with van der Waals surface area (Å²) in [5, 5.41) is 20.1. The van der Waals surface area contributed by atoms with Crippen LogP contribution in [0.25, 0.3) is 6.08 Å². The highest BCUT2D eigenvalue weighted by Gasteiger charge is 2.59. The van der Waals surface area contributed by atoms with E-state index in [4.69, 9.17) is 4.74 Å². The van der Waals surface area contributed by atoms with Crippen molar-refractivity contribution in [3.8, 4) is 11.5 Å². The fourth-order valence-electron chi connectivity index (χ4n) is 6.62. The van der Waals surface area contributed by atoms with Crippen LogP contribution in [0.4, 0.5) is 0 Å². The number of carbonyl (C=O) groups excluding carboxylic acids is 1. The van der Waals surface area contributed by atoms with E-state index in [0.717, 1.165) is 62.4 Å². The second kappa shape index (κ2) is 9.91. The van der Waals surface area contributed by atoms with Gasteiger partial charge in [0.2, 0.25) is 5.91 Å². The number of likely N-dealkylation sites (tertiary alicyclic amines) is 1. The van der Waals surface area contributed by atoms with Gasteiger partial charge in [0.05, 0.1) is 5.60 Å². The topological polar surface area (TPSA) is 73.2 Å². The van der Waals surface area contributed by atoms with Gasteiger partial charge in [0.1, 0.15) is 11.5 Å². The van der Waals surface area contributed by atoms with E-state index in [1.807, 2.05) is 37.3 Å². The first-order chi connectivity index (χ1) is 17.3. The van der Waals surface area contributed by atoms with Crippen molar-refractivity contribution in [2.24, 2.45) is 5.92 Å². The molecule has 2 aromatic carbocycles. The highest BCUT2D eigenvalue weighted by Crippen LogP contribution is 2.54. The lowest BCUT2D eigenvalue weighted by molar-refractivity contribution is -0.159. The Morgan fingerprint density at radius 3 is 2.56 bits per heavy atom. The smallest absolute Gasteiger partial charge is 0.246 e. The van der Waals surface area contributed by atoms with Crippen molar-refractivity contribution in [1.29, 1.82) is 0 Å². The highest BCUT2D eigenvalue weighted by atomic mass is 16.5. The Bertz CT molecular complexity index is 1130. The summed E-state index contributed by atoms with van der Waals surface area (Å²) in [5.41, 5.74) is 1.26. The first-order valence-corrected chi connectivity index (χ1v) is 13.2.